The number of fused-ring (bicyclic) bond motifs is 1. The summed E-state index contributed by atoms with van der Waals surface area (Å²) in [5.74, 6) is -0.365. The van der Waals surface area contributed by atoms with Gasteiger partial charge in [-0.25, -0.2) is 9.78 Å². The van der Waals surface area contributed by atoms with Crippen molar-refractivity contribution in [3.05, 3.63) is 83.4 Å². The van der Waals surface area contributed by atoms with Crippen molar-refractivity contribution < 1.29 is 19.4 Å². The summed E-state index contributed by atoms with van der Waals surface area (Å²) in [7, 11) is 0. The van der Waals surface area contributed by atoms with Crippen LogP contribution in [0.4, 0.5) is 16.3 Å². The average molecular weight is 505 g/mol. The van der Waals surface area contributed by atoms with E-state index in [4.69, 9.17) is 10.5 Å². The van der Waals surface area contributed by atoms with Gasteiger partial charge in [-0.1, -0.05) is 57.2 Å². The van der Waals surface area contributed by atoms with E-state index in [1.165, 1.54) is 11.3 Å². The van der Waals surface area contributed by atoms with E-state index in [-0.39, 0.29) is 5.41 Å². The molecule has 0 spiro atoms. The van der Waals surface area contributed by atoms with Gasteiger partial charge in [0.1, 0.15) is 5.82 Å². The highest BCUT2D eigenvalue weighted by Gasteiger charge is 2.30. The minimum absolute atomic E-state index is 0.0763. The second-order valence-corrected chi connectivity index (χ2v) is 10.4. The first-order valence-corrected chi connectivity index (χ1v) is 12.2. The van der Waals surface area contributed by atoms with E-state index in [2.05, 4.69) is 36.4 Å². The number of carbonyl (C=O) groups excluding carboxylic acids is 2. The standard InChI is InChI=1S/C27H28N4O4S/c1-27(2,3)20-11-12-21(36-20)35-26(34)31-22(17-7-5-4-6-8-17)23(32)25(33)30-18-10-9-16-13-14-29-24(28)19(16)15-18/h4-15,22-23,32H,1-3H3,(H2,28,29)(H,30,33)(H,31,34). The van der Waals surface area contributed by atoms with Gasteiger partial charge in [0.2, 0.25) is 0 Å². The summed E-state index contributed by atoms with van der Waals surface area (Å²) in [4.78, 5) is 30.9. The van der Waals surface area contributed by atoms with Crippen LogP contribution in [0.25, 0.3) is 10.8 Å². The van der Waals surface area contributed by atoms with Crippen molar-refractivity contribution in [3.8, 4) is 5.06 Å². The third kappa shape index (κ3) is 5.81. The largest absolute Gasteiger partial charge is 0.413 e. The first kappa shape index (κ1) is 25.2. The van der Waals surface area contributed by atoms with Gasteiger partial charge in [0, 0.05) is 22.1 Å². The minimum atomic E-state index is -1.60. The van der Waals surface area contributed by atoms with Crippen LogP contribution in [0, 0.1) is 0 Å². The molecule has 36 heavy (non-hydrogen) atoms. The van der Waals surface area contributed by atoms with Crippen molar-refractivity contribution in [1.29, 1.82) is 0 Å². The molecule has 2 unspecified atom stereocenters. The molecule has 2 atom stereocenters. The van der Waals surface area contributed by atoms with Gasteiger partial charge in [-0.2, -0.15) is 0 Å². The van der Waals surface area contributed by atoms with E-state index in [0.717, 1.165) is 10.3 Å². The molecule has 2 amide bonds. The summed E-state index contributed by atoms with van der Waals surface area (Å²) >= 11 is 1.37. The predicted octanol–water partition coefficient (Wildman–Crippen LogP) is 5.01. The van der Waals surface area contributed by atoms with Crippen molar-refractivity contribution in [2.45, 2.75) is 38.3 Å². The summed E-state index contributed by atoms with van der Waals surface area (Å²) in [5, 5.41) is 18.3. The lowest BCUT2D eigenvalue weighted by Crippen LogP contribution is -2.43. The number of aromatic nitrogens is 1. The monoisotopic (exact) mass is 504 g/mol. The molecule has 0 saturated heterocycles. The fraction of sp³-hybridized carbons (Fsp3) is 0.222. The lowest BCUT2D eigenvalue weighted by atomic mass is 9.95. The molecule has 0 aliphatic rings. The van der Waals surface area contributed by atoms with Crippen LogP contribution in [0.2, 0.25) is 0 Å². The number of ether oxygens (including phenoxy) is 1. The van der Waals surface area contributed by atoms with Crippen LogP contribution in [0.15, 0.2) is 72.9 Å². The van der Waals surface area contributed by atoms with Gasteiger partial charge in [0.05, 0.1) is 6.04 Å². The number of benzene rings is 2. The Balaban J connectivity index is 1.51. The fourth-order valence-corrected chi connectivity index (χ4v) is 4.58. The number of aliphatic hydroxyl groups is 1. The highest BCUT2D eigenvalue weighted by atomic mass is 32.1. The Kier molecular flexibility index (Phi) is 7.23. The number of rotatable bonds is 6. The number of pyridine rings is 1. The first-order chi connectivity index (χ1) is 17.1. The number of nitrogen functional groups attached to an aromatic ring is 1. The van der Waals surface area contributed by atoms with Crippen LogP contribution in [0.1, 0.15) is 37.3 Å². The van der Waals surface area contributed by atoms with Crippen LogP contribution in [0.5, 0.6) is 5.06 Å². The Morgan fingerprint density at radius 1 is 1.06 bits per heavy atom. The second kappa shape index (κ2) is 10.3. The Morgan fingerprint density at radius 2 is 1.81 bits per heavy atom. The molecule has 4 aromatic rings. The van der Waals surface area contributed by atoms with E-state index in [9.17, 15) is 14.7 Å². The summed E-state index contributed by atoms with van der Waals surface area (Å²) < 4.78 is 5.46. The normalized spacial score (nSPS) is 13.1. The molecule has 0 aliphatic carbocycles. The summed E-state index contributed by atoms with van der Waals surface area (Å²) in [6.07, 6.45) is -0.771. The third-order valence-electron chi connectivity index (χ3n) is 5.59. The minimum Gasteiger partial charge on any atom is -0.399 e. The number of nitrogens with zero attached hydrogens (tertiary/aromatic N) is 1. The number of amides is 2. The SMILES string of the molecule is CC(C)(C)c1ccc(OC(=O)NC(c2ccccc2)C(O)C(=O)Nc2ccc3ccnc(N)c3c2)s1. The van der Waals surface area contributed by atoms with Gasteiger partial charge in [0.25, 0.3) is 5.91 Å². The Morgan fingerprint density at radius 3 is 2.50 bits per heavy atom. The zero-order valence-electron chi connectivity index (χ0n) is 20.2. The topological polar surface area (TPSA) is 127 Å². The molecule has 8 nitrogen and oxygen atoms in total. The van der Waals surface area contributed by atoms with Crippen LogP contribution in [-0.4, -0.2) is 28.2 Å². The molecule has 9 heteroatoms. The first-order valence-electron chi connectivity index (χ1n) is 11.4. The van der Waals surface area contributed by atoms with E-state index < -0.39 is 24.1 Å². The number of hydrogen-bond acceptors (Lipinski definition) is 7. The number of carbonyl (C=O) groups is 2. The quantitative estimate of drug-likeness (QED) is 0.293. The lowest BCUT2D eigenvalue weighted by molar-refractivity contribution is -0.125. The number of hydrogen-bond donors (Lipinski definition) is 4. The average Bonchev–Trinajstić information content (AvgIpc) is 3.32. The maximum Gasteiger partial charge on any atom is 0.413 e. The maximum atomic E-state index is 13.0. The molecule has 0 aliphatic heterocycles. The number of thiophene rings is 1. The van der Waals surface area contributed by atoms with E-state index in [0.29, 0.717) is 27.5 Å². The predicted molar refractivity (Wildman–Crippen MR) is 142 cm³/mol. The Hall–Kier alpha value is -3.95. The Bertz CT molecular complexity index is 1380. The smallest absolute Gasteiger partial charge is 0.399 e. The Labute approximate surface area is 213 Å². The van der Waals surface area contributed by atoms with Gasteiger partial charge in [-0.15, -0.1) is 11.3 Å². The van der Waals surface area contributed by atoms with Crippen LogP contribution >= 0.6 is 11.3 Å². The molecule has 2 aromatic heterocycles. The highest BCUT2D eigenvalue weighted by Crippen LogP contribution is 2.34. The zero-order chi connectivity index (χ0) is 25.9. The van der Waals surface area contributed by atoms with Crippen molar-refractivity contribution in [2.75, 3.05) is 11.1 Å². The molecule has 2 aromatic carbocycles. The van der Waals surface area contributed by atoms with Crippen molar-refractivity contribution in [1.82, 2.24) is 10.3 Å². The maximum absolute atomic E-state index is 13.0. The molecular formula is C27H28N4O4S. The van der Waals surface area contributed by atoms with Crippen molar-refractivity contribution >= 4 is 45.6 Å². The molecule has 186 valence electrons. The molecule has 4 rings (SSSR count). The van der Waals surface area contributed by atoms with Crippen LogP contribution < -0.4 is 21.1 Å². The van der Waals surface area contributed by atoms with E-state index in [1.54, 1.807) is 60.8 Å². The number of aliphatic hydroxyl groups excluding tert-OH is 1. The van der Waals surface area contributed by atoms with Gasteiger partial charge in [0.15, 0.2) is 11.2 Å². The fourth-order valence-electron chi connectivity index (χ4n) is 3.67. The van der Waals surface area contributed by atoms with Crippen molar-refractivity contribution in [3.63, 3.8) is 0 Å². The van der Waals surface area contributed by atoms with Crippen molar-refractivity contribution in [2.24, 2.45) is 0 Å². The van der Waals surface area contributed by atoms with Crippen LogP contribution in [0.3, 0.4) is 0 Å². The summed E-state index contributed by atoms with van der Waals surface area (Å²) in [6.45, 7) is 6.22. The van der Waals surface area contributed by atoms with Gasteiger partial charge >= 0.3 is 6.09 Å². The van der Waals surface area contributed by atoms with Crippen LogP contribution in [-0.2, 0) is 10.2 Å². The van der Waals surface area contributed by atoms with E-state index in [1.807, 2.05) is 12.1 Å². The summed E-state index contributed by atoms with van der Waals surface area (Å²) in [5.41, 5.74) is 6.86. The molecule has 5 N–H and O–H groups in total. The van der Waals surface area contributed by atoms with Gasteiger partial charge in [-0.05, 0) is 46.7 Å². The molecule has 0 bridgehead atoms. The zero-order valence-corrected chi connectivity index (χ0v) is 21.0. The summed E-state index contributed by atoms with van der Waals surface area (Å²) in [6, 6.07) is 18.3. The molecule has 2 heterocycles. The number of nitrogens with two attached hydrogens (primary N) is 1. The molecule has 0 radical (unpaired) electrons. The number of nitrogens with one attached hydrogen (secondary N) is 2. The van der Waals surface area contributed by atoms with Gasteiger partial charge in [-0.3, -0.25) is 4.79 Å². The molecule has 0 saturated carbocycles. The number of anilines is 2. The highest BCUT2D eigenvalue weighted by molar-refractivity contribution is 7.14. The van der Waals surface area contributed by atoms with E-state index >= 15 is 0 Å². The molecule has 0 fully saturated rings. The lowest BCUT2D eigenvalue weighted by Gasteiger charge is -2.23. The second-order valence-electron chi connectivity index (χ2n) is 9.36. The molecular weight excluding hydrogens is 476 g/mol. The van der Waals surface area contributed by atoms with Gasteiger partial charge < -0.3 is 26.2 Å². The third-order valence-corrected chi connectivity index (χ3v) is 6.98.